The first kappa shape index (κ1) is 18.1. The fourth-order valence-electron chi connectivity index (χ4n) is 2.96. The van der Waals surface area contributed by atoms with Crippen molar-refractivity contribution in [3.8, 4) is 11.5 Å². The number of methoxy groups -OCH3 is 2. The molecule has 1 aliphatic carbocycles. The van der Waals surface area contributed by atoms with Crippen molar-refractivity contribution in [2.45, 2.75) is 33.2 Å². The zero-order valence-electron chi connectivity index (χ0n) is 14.7. The molecule has 0 heterocycles. The maximum absolute atomic E-state index is 12.7. The number of carboxylic acids is 1. The van der Waals surface area contributed by atoms with Gasteiger partial charge in [-0.2, -0.15) is 0 Å². The standard InChI is InChI=1S/C18H25NO5/c1-5-18(2)9-15(18)17(22)19(11-16(20)21)10-12-6-13(23-3)8-14(7-12)24-4/h6-8,15H,5,9-11H2,1-4H3,(H,20,21). The Bertz CT molecular complexity index is 608. The highest BCUT2D eigenvalue weighted by molar-refractivity contribution is 5.85. The second kappa shape index (κ2) is 7.11. The highest BCUT2D eigenvalue weighted by Crippen LogP contribution is 2.55. The molecule has 1 saturated carbocycles. The van der Waals surface area contributed by atoms with Crippen LogP contribution in [0.5, 0.6) is 11.5 Å². The topological polar surface area (TPSA) is 76.1 Å². The van der Waals surface area contributed by atoms with E-state index < -0.39 is 5.97 Å². The van der Waals surface area contributed by atoms with Gasteiger partial charge in [0.05, 0.1) is 14.2 Å². The number of nitrogens with zero attached hydrogens (tertiary/aromatic N) is 1. The third kappa shape index (κ3) is 3.99. The molecule has 6 nitrogen and oxygen atoms in total. The van der Waals surface area contributed by atoms with Crippen molar-refractivity contribution in [2.75, 3.05) is 20.8 Å². The van der Waals surface area contributed by atoms with Gasteiger partial charge < -0.3 is 19.5 Å². The molecular weight excluding hydrogens is 310 g/mol. The second-order valence-electron chi connectivity index (χ2n) is 6.57. The van der Waals surface area contributed by atoms with E-state index >= 15 is 0 Å². The van der Waals surface area contributed by atoms with Gasteiger partial charge in [0.1, 0.15) is 18.0 Å². The molecule has 1 N–H and O–H groups in total. The molecule has 1 aromatic carbocycles. The average molecular weight is 335 g/mol. The molecule has 0 bridgehead atoms. The van der Waals surface area contributed by atoms with Gasteiger partial charge in [0.15, 0.2) is 0 Å². The quantitative estimate of drug-likeness (QED) is 0.790. The molecule has 1 aromatic rings. The molecular formula is C18H25NO5. The summed E-state index contributed by atoms with van der Waals surface area (Å²) in [7, 11) is 3.10. The number of carbonyl (C=O) groups excluding carboxylic acids is 1. The van der Waals surface area contributed by atoms with E-state index in [9.17, 15) is 9.59 Å². The van der Waals surface area contributed by atoms with Gasteiger partial charge in [-0.3, -0.25) is 9.59 Å². The van der Waals surface area contributed by atoms with E-state index in [0.717, 1.165) is 18.4 Å². The Morgan fingerprint density at radius 1 is 1.25 bits per heavy atom. The summed E-state index contributed by atoms with van der Waals surface area (Å²) < 4.78 is 10.5. The Kier molecular flexibility index (Phi) is 5.36. The van der Waals surface area contributed by atoms with Gasteiger partial charge in [-0.05, 0) is 36.0 Å². The molecule has 24 heavy (non-hydrogen) atoms. The van der Waals surface area contributed by atoms with E-state index in [-0.39, 0.29) is 30.3 Å². The highest BCUT2D eigenvalue weighted by atomic mass is 16.5. The number of benzene rings is 1. The Hall–Kier alpha value is -2.24. The van der Waals surface area contributed by atoms with Crippen LogP contribution in [0.15, 0.2) is 18.2 Å². The minimum Gasteiger partial charge on any atom is -0.497 e. The van der Waals surface area contributed by atoms with Gasteiger partial charge in [0.2, 0.25) is 5.91 Å². The number of amides is 1. The second-order valence-corrected chi connectivity index (χ2v) is 6.57. The number of hydrogen-bond acceptors (Lipinski definition) is 4. The lowest BCUT2D eigenvalue weighted by Gasteiger charge is -2.22. The molecule has 2 rings (SSSR count). The van der Waals surface area contributed by atoms with Crippen LogP contribution in [-0.2, 0) is 16.1 Å². The van der Waals surface area contributed by atoms with Crippen LogP contribution in [0, 0.1) is 11.3 Å². The smallest absolute Gasteiger partial charge is 0.323 e. The molecule has 2 unspecified atom stereocenters. The van der Waals surface area contributed by atoms with Gasteiger partial charge in [-0.25, -0.2) is 0 Å². The summed E-state index contributed by atoms with van der Waals surface area (Å²) >= 11 is 0. The fraction of sp³-hybridized carbons (Fsp3) is 0.556. The van der Waals surface area contributed by atoms with Gasteiger partial charge >= 0.3 is 5.97 Å². The Balaban J connectivity index is 2.20. The van der Waals surface area contributed by atoms with E-state index in [1.807, 2.05) is 0 Å². The largest absolute Gasteiger partial charge is 0.497 e. The van der Waals surface area contributed by atoms with E-state index in [1.54, 1.807) is 32.4 Å². The van der Waals surface area contributed by atoms with Gasteiger partial charge in [-0.1, -0.05) is 13.8 Å². The Morgan fingerprint density at radius 3 is 2.25 bits per heavy atom. The van der Waals surface area contributed by atoms with Crippen LogP contribution in [0.3, 0.4) is 0 Å². The lowest BCUT2D eigenvalue weighted by Crippen LogP contribution is -2.37. The lowest BCUT2D eigenvalue weighted by atomic mass is 10.0. The van der Waals surface area contributed by atoms with Crippen molar-refractivity contribution in [3.05, 3.63) is 23.8 Å². The van der Waals surface area contributed by atoms with E-state index in [4.69, 9.17) is 14.6 Å². The third-order valence-electron chi connectivity index (χ3n) is 4.88. The Labute approximate surface area is 142 Å². The van der Waals surface area contributed by atoms with Crippen molar-refractivity contribution in [3.63, 3.8) is 0 Å². The highest BCUT2D eigenvalue weighted by Gasteiger charge is 2.54. The predicted octanol–water partition coefficient (Wildman–Crippen LogP) is 2.55. The summed E-state index contributed by atoms with van der Waals surface area (Å²) in [4.78, 5) is 25.3. The number of hydrogen-bond donors (Lipinski definition) is 1. The monoisotopic (exact) mass is 335 g/mol. The van der Waals surface area contributed by atoms with Crippen LogP contribution < -0.4 is 9.47 Å². The van der Waals surface area contributed by atoms with Gasteiger partial charge in [-0.15, -0.1) is 0 Å². The summed E-state index contributed by atoms with van der Waals surface area (Å²) in [6.07, 6.45) is 1.73. The first-order chi connectivity index (χ1) is 11.3. The average Bonchev–Trinajstić information content (AvgIpc) is 3.25. The maximum Gasteiger partial charge on any atom is 0.323 e. The maximum atomic E-state index is 12.7. The van der Waals surface area contributed by atoms with E-state index in [2.05, 4.69) is 13.8 Å². The van der Waals surface area contributed by atoms with E-state index in [1.165, 1.54) is 4.90 Å². The van der Waals surface area contributed by atoms with Crippen molar-refractivity contribution < 1.29 is 24.2 Å². The molecule has 0 aromatic heterocycles. The summed E-state index contributed by atoms with van der Waals surface area (Å²) in [5.41, 5.74) is 0.777. The number of ether oxygens (including phenoxy) is 2. The molecule has 132 valence electrons. The fourth-order valence-corrected chi connectivity index (χ4v) is 2.96. The molecule has 1 amide bonds. The van der Waals surface area contributed by atoms with Crippen LogP contribution in [0.1, 0.15) is 32.3 Å². The number of rotatable bonds is 8. The molecule has 1 fully saturated rings. The molecule has 0 aliphatic heterocycles. The molecule has 0 spiro atoms. The SMILES string of the molecule is CCC1(C)CC1C(=O)N(CC(=O)O)Cc1cc(OC)cc(OC)c1. The van der Waals surface area contributed by atoms with Crippen LogP contribution in [0.2, 0.25) is 0 Å². The normalized spacial score (nSPS) is 21.9. The molecule has 1 aliphatic rings. The van der Waals surface area contributed by atoms with Crippen molar-refractivity contribution in [2.24, 2.45) is 11.3 Å². The van der Waals surface area contributed by atoms with Gasteiger partial charge in [0, 0.05) is 18.5 Å². The Morgan fingerprint density at radius 2 is 1.83 bits per heavy atom. The molecule has 0 radical (unpaired) electrons. The van der Waals surface area contributed by atoms with Crippen LogP contribution in [0.25, 0.3) is 0 Å². The minimum atomic E-state index is -1.02. The zero-order chi connectivity index (χ0) is 17.9. The van der Waals surface area contributed by atoms with Crippen LogP contribution in [0.4, 0.5) is 0 Å². The molecule has 0 saturated heterocycles. The van der Waals surface area contributed by atoms with Crippen molar-refractivity contribution in [1.29, 1.82) is 0 Å². The van der Waals surface area contributed by atoms with Crippen LogP contribution >= 0.6 is 0 Å². The first-order valence-electron chi connectivity index (χ1n) is 8.05. The number of aliphatic carboxylic acids is 1. The summed E-state index contributed by atoms with van der Waals surface area (Å²) in [5.74, 6) is 0.0173. The van der Waals surface area contributed by atoms with Crippen LogP contribution in [-0.4, -0.2) is 42.6 Å². The number of carboxylic acid groups (broad SMARTS) is 1. The minimum absolute atomic E-state index is 0.0000947. The number of carbonyl (C=O) groups is 2. The van der Waals surface area contributed by atoms with Gasteiger partial charge in [0.25, 0.3) is 0 Å². The summed E-state index contributed by atoms with van der Waals surface area (Å²) in [6, 6.07) is 5.31. The predicted molar refractivity (Wildman–Crippen MR) is 89.1 cm³/mol. The molecule has 6 heteroatoms. The first-order valence-corrected chi connectivity index (χ1v) is 8.05. The van der Waals surface area contributed by atoms with Crippen molar-refractivity contribution >= 4 is 11.9 Å². The summed E-state index contributed by atoms with van der Waals surface area (Å²) in [5, 5.41) is 9.16. The lowest BCUT2D eigenvalue weighted by molar-refractivity contribution is -0.145. The molecule has 2 atom stereocenters. The zero-order valence-corrected chi connectivity index (χ0v) is 14.7. The van der Waals surface area contributed by atoms with Crippen molar-refractivity contribution in [1.82, 2.24) is 4.90 Å². The third-order valence-corrected chi connectivity index (χ3v) is 4.88. The summed E-state index contributed by atoms with van der Waals surface area (Å²) in [6.45, 7) is 4.04. The van der Waals surface area contributed by atoms with E-state index in [0.29, 0.717) is 11.5 Å².